The van der Waals surface area contributed by atoms with Gasteiger partial charge in [0.15, 0.2) is 0 Å². The van der Waals surface area contributed by atoms with Crippen molar-refractivity contribution in [2.75, 3.05) is 5.32 Å². The maximum absolute atomic E-state index is 13.1. The summed E-state index contributed by atoms with van der Waals surface area (Å²) in [6, 6.07) is 8.89. The van der Waals surface area contributed by atoms with E-state index in [0.717, 1.165) is 29.4 Å². The van der Waals surface area contributed by atoms with Gasteiger partial charge in [0.2, 0.25) is 5.91 Å². The summed E-state index contributed by atoms with van der Waals surface area (Å²) in [6.45, 7) is 0. The molecule has 0 unspecified atom stereocenters. The van der Waals surface area contributed by atoms with Gasteiger partial charge in [0.1, 0.15) is 5.65 Å². The number of hydrogen-bond donors (Lipinski definition) is 1. The number of fused-ring (bicyclic) bond motifs is 1. The number of aromatic nitrogens is 3. The minimum atomic E-state index is -0.603. The highest BCUT2D eigenvalue weighted by molar-refractivity contribution is 6.30. The third kappa shape index (κ3) is 2.74. The van der Waals surface area contributed by atoms with Gasteiger partial charge in [-0.05, 0) is 36.6 Å². The Morgan fingerprint density at radius 1 is 1.14 bits per heavy atom. The van der Waals surface area contributed by atoms with Crippen LogP contribution >= 0.6 is 11.6 Å². The summed E-state index contributed by atoms with van der Waals surface area (Å²) in [5, 5.41) is 3.80. The Bertz CT molecular complexity index is 1210. The zero-order valence-electron chi connectivity index (χ0n) is 15.5. The van der Waals surface area contributed by atoms with E-state index in [4.69, 9.17) is 11.6 Å². The first-order valence-electron chi connectivity index (χ1n) is 8.97. The Morgan fingerprint density at radius 2 is 1.82 bits per heavy atom. The fourth-order valence-electron chi connectivity index (χ4n) is 3.73. The molecule has 3 aromatic rings. The summed E-state index contributed by atoms with van der Waals surface area (Å²) < 4.78 is 2.33. The van der Waals surface area contributed by atoms with Crippen LogP contribution in [0.5, 0.6) is 0 Å². The van der Waals surface area contributed by atoms with Crippen LogP contribution in [-0.4, -0.2) is 20.0 Å². The highest BCUT2D eigenvalue weighted by Crippen LogP contribution is 2.44. The Hall–Kier alpha value is -2.93. The molecule has 1 amide bonds. The summed E-state index contributed by atoms with van der Waals surface area (Å²) in [5.74, 6) is -0.135. The standard InChI is InChI=1S/C20H19ClN4O3/c1-24-16-15(17(26)25(2)19(24)28)10-14(11-22-16)23-18(27)20(8-3-9-20)12-4-6-13(21)7-5-12/h4-7,10-11H,3,8-9H2,1-2H3,(H,23,27). The molecular formula is C20H19ClN4O3. The van der Waals surface area contributed by atoms with Gasteiger partial charge < -0.3 is 5.32 Å². The number of amides is 1. The van der Waals surface area contributed by atoms with Crippen molar-refractivity contribution < 1.29 is 4.79 Å². The summed E-state index contributed by atoms with van der Waals surface area (Å²) in [6.07, 6.45) is 3.93. The molecule has 1 fully saturated rings. The van der Waals surface area contributed by atoms with Crippen LogP contribution in [0, 0.1) is 0 Å². The zero-order valence-corrected chi connectivity index (χ0v) is 16.3. The number of nitrogens with zero attached hydrogens (tertiary/aromatic N) is 3. The summed E-state index contributed by atoms with van der Waals surface area (Å²) >= 11 is 5.97. The predicted octanol–water partition coefficient (Wildman–Crippen LogP) is 2.35. The van der Waals surface area contributed by atoms with Gasteiger partial charge in [-0.2, -0.15) is 0 Å². The predicted molar refractivity (Wildman–Crippen MR) is 108 cm³/mol. The Kier molecular flexibility index (Phi) is 4.34. The van der Waals surface area contributed by atoms with Gasteiger partial charge in [-0.1, -0.05) is 30.2 Å². The molecule has 1 saturated carbocycles. The van der Waals surface area contributed by atoms with Gasteiger partial charge in [0, 0.05) is 19.1 Å². The van der Waals surface area contributed by atoms with E-state index in [9.17, 15) is 14.4 Å². The highest BCUT2D eigenvalue weighted by atomic mass is 35.5. The normalized spacial score (nSPS) is 15.2. The van der Waals surface area contributed by atoms with Crippen LogP contribution in [0.3, 0.4) is 0 Å². The van der Waals surface area contributed by atoms with Gasteiger partial charge >= 0.3 is 5.69 Å². The van der Waals surface area contributed by atoms with Crippen LogP contribution in [0.25, 0.3) is 11.0 Å². The van der Waals surface area contributed by atoms with Crippen molar-refractivity contribution in [3.63, 3.8) is 0 Å². The van der Waals surface area contributed by atoms with Crippen molar-refractivity contribution in [1.29, 1.82) is 0 Å². The smallest absolute Gasteiger partial charge is 0.324 e. The first-order valence-corrected chi connectivity index (χ1v) is 9.34. The lowest BCUT2D eigenvalue weighted by molar-refractivity contribution is -0.124. The topological polar surface area (TPSA) is 86.0 Å². The molecule has 2 aromatic heterocycles. The van der Waals surface area contributed by atoms with Crippen molar-refractivity contribution in [3.8, 4) is 0 Å². The number of anilines is 1. The molecule has 4 rings (SSSR count). The third-order valence-electron chi connectivity index (χ3n) is 5.59. The van der Waals surface area contributed by atoms with Crippen molar-refractivity contribution in [3.05, 3.63) is 68.0 Å². The Morgan fingerprint density at radius 3 is 2.43 bits per heavy atom. The number of carbonyl (C=O) groups excluding carboxylic acids is 1. The average Bonchev–Trinajstić information content (AvgIpc) is 2.65. The average molecular weight is 399 g/mol. The summed E-state index contributed by atoms with van der Waals surface area (Å²) in [7, 11) is 2.97. The van der Waals surface area contributed by atoms with E-state index in [2.05, 4.69) is 10.3 Å². The van der Waals surface area contributed by atoms with E-state index in [-0.39, 0.29) is 16.9 Å². The number of benzene rings is 1. The van der Waals surface area contributed by atoms with Gasteiger partial charge in [0.25, 0.3) is 5.56 Å². The van der Waals surface area contributed by atoms with Gasteiger partial charge in [-0.3, -0.25) is 18.7 Å². The molecule has 0 atom stereocenters. The fourth-order valence-corrected chi connectivity index (χ4v) is 3.86. The number of rotatable bonds is 3. The van der Waals surface area contributed by atoms with Crippen molar-refractivity contribution in [2.24, 2.45) is 14.1 Å². The molecule has 2 heterocycles. The quantitative estimate of drug-likeness (QED) is 0.733. The van der Waals surface area contributed by atoms with E-state index in [1.807, 2.05) is 12.1 Å². The van der Waals surface area contributed by atoms with E-state index < -0.39 is 16.7 Å². The Balaban J connectivity index is 1.71. The lowest BCUT2D eigenvalue weighted by Crippen LogP contribution is -2.46. The zero-order chi connectivity index (χ0) is 20.1. The molecule has 0 spiro atoms. The molecule has 28 heavy (non-hydrogen) atoms. The molecule has 144 valence electrons. The fraction of sp³-hybridized carbons (Fsp3) is 0.300. The molecule has 0 bridgehead atoms. The van der Waals surface area contributed by atoms with E-state index >= 15 is 0 Å². The van der Waals surface area contributed by atoms with Crippen LogP contribution in [0.1, 0.15) is 24.8 Å². The van der Waals surface area contributed by atoms with Crippen molar-refractivity contribution in [2.45, 2.75) is 24.7 Å². The number of carbonyl (C=O) groups is 1. The number of aryl methyl sites for hydroxylation is 1. The number of pyridine rings is 1. The van der Waals surface area contributed by atoms with Crippen LogP contribution < -0.4 is 16.6 Å². The number of nitrogens with one attached hydrogen (secondary N) is 1. The monoisotopic (exact) mass is 398 g/mol. The molecule has 0 radical (unpaired) electrons. The van der Waals surface area contributed by atoms with Crippen molar-refractivity contribution in [1.82, 2.24) is 14.1 Å². The van der Waals surface area contributed by atoms with E-state index in [1.165, 1.54) is 17.8 Å². The second kappa shape index (κ2) is 6.60. The number of halogens is 1. The molecule has 1 N–H and O–H groups in total. The van der Waals surface area contributed by atoms with Crippen LogP contribution in [0.15, 0.2) is 46.1 Å². The van der Waals surface area contributed by atoms with Gasteiger partial charge in [-0.25, -0.2) is 9.78 Å². The lowest BCUT2D eigenvalue weighted by Gasteiger charge is -2.40. The van der Waals surface area contributed by atoms with Crippen molar-refractivity contribution >= 4 is 34.2 Å². The Labute approximate surface area is 165 Å². The maximum atomic E-state index is 13.1. The largest absolute Gasteiger partial charge is 0.332 e. The van der Waals surface area contributed by atoms with E-state index in [1.54, 1.807) is 25.2 Å². The first-order chi connectivity index (χ1) is 13.3. The minimum absolute atomic E-state index is 0.135. The van der Waals surface area contributed by atoms with Crippen LogP contribution in [0.4, 0.5) is 5.69 Å². The number of hydrogen-bond acceptors (Lipinski definition) is 4. The molecular weight excluding hydrogens is 380 g/mol. The molecule has 0 aliphatic heterocycles. The summed E-state index contributed by atoms with van der Waals surface area (Å²) in [4.78, 5) is 41.8. The highest BCUT2D eigenvalue weighted by Gasteiger charge is 2.45. The third-order valence-corrected chi connectivity index (χ3v) is 5.84. The molecule has 8 heteroatoms. The van der Waals surface area contributed by atoms with Gasteiger partial charge in [0.05, 0.1) is 22.7 Å². The van der Waals surface area contributed by atoms with Crippen LogP contribution in [-0.2, 0) is 24.3 Å². The van der Waals surface area contributed by atoms with Gasteiger partial charge in [-0.15, -0.1) is 0 Å². The molecule has 0 saturated heterocycles. The maximum Gasteiger partial charge on any atom is 0.332 e. The molecule has 1 aliphatic rings. The molecule has 7 nitrogen and oxygen atoms in total. The SMILES string of the molecule is Cn1c(=O)c2cc(NC(=O)C3(c4ccc(Cl)cc4)CCC3)cnc2n(C)c1=O. The molecule has 1 aliphatic carbocycles. The second-order valence-corrected chi connectivity index (χ2v) is 7.63. The lowest BCUT2D eigenvalue weighted by atomic mass is 9.64. The second-order valence-electron chi connectivity index (χ2n) is 7.20. The molecule has 1 aromatic carbocycles. The van der Waals surface area contributed by atoms with E-state index in [0.29, 0.717) is 10.7 Å². The van der Waals surface area contributed by atoms with Crippen LogP contribution in [0.2, 0.25) is 5.02 Å². The first kappa shape index (κ1) is 18.4. The minimum Gasteiger partial charge on any atom is -0.324 e. The summed E-state index contributed by atoms with van der Waals surface area (Å²) in [5.41, 5.74) is 0.132.